The molecule has 5 nitrogen and oxygen atoms in total. The first kappa shape index (κ1) is 13.9. The quantitative estimate of drug-likeness (QED) is 0.800. The van der Waals surface area contributed by atoms with Gasteiger partial charge in [0.25, 0.3) is 0 Å². The Bertz CT molecular complexity index is 555. The molecule has 5 heteroatoms. The van der Waals surface area contributed by atoms with Gasteiger partial charge in [-0.1, -0.05) is 18.2 Å². The number of urea groups is 1. The summed E-state index contributed by atoms with van der Waals surface area (Å²) in [5.74, 6) is 0.754. The lowest BCUT2D eigenvalue weighted by atomic mass is 10.1. The van der Waals surface area contributed by atoms with Crippen molar-refractivity contribution in [1.29, 1.82) is 0 Å². The van der Waals surface area contributed by atoms with Crippen LogP contribution in [-0.4, -0.2) is 22.2 Å². The van der Waals surface area contributed by atoms with Crippen molar-refractivity contribution in [2.45, 2.75) is 19.4 Å². The summed E-state index contributed by atoms with van der Waals surface area (Å²) in [7, 11) is 0. The maximum Gasteiger partial charge on any atom is 0.320 e. The number of rotatable bonds is 4. The Morgan fingerprint density at radius 2 is 2.00 bits per heavy atom. The standard InChI is InChI=1S/C15H17N3O2/c1-11(10-12-5-7-13(19)8-6-12)17-15(20)18-14-4-2-3-9-16-14/h2-9,11,19H,10H2,1H3,(H2,16,17,18,20)/t11-/m0/s1. The maximum absolute atomic E-state index is 11.8. The van der Waals surface area contributed by atoms with Gasteiger partial charge in [-0.25, -0.2) is 9.78 Å². The number of amides is 2. The van der Waals surface area contributed by atoms with Gasteiger partial charge in [-0.15, -0.1) is 0 Å². The van der Waals surface area contributed by atoms with Crippen LogP contribution in [0.4, 0.5) is 10.6 Å². The number of nitrogens with one attached hydrogen (secondary N) is 2. The third kappa shape index (κ3) is 4.28. The molecule has 1 heterocycles. The van der Waals surface area contributed by atoms with E-state index < -0.39 is 0 Å². The zero-order valence-corrected chi connectivity index (χ0v) is 11.2. The molecular weight excluding hydrogens is 254 g/mol. The summed E-state index contributed by atoms with van der Waals surface area (Å²) in [5.41, 5.74) is 1.05. The van der Waals surface area contributed by atoms with Crippen LogP contribution in [0.25, 0.3) is 0 Å². The van der Waals surface area contributed by atoms with Crippen LogP contribution < -0.4 is 10.6 Å². The van der Waals surface area contributed by atoms with Crippen LogP contribution in [0.1, 0.15) is 12.5 Å². The van der Waals surface area contributed by atoms with E-state index in [1.54, 1.807) is 30.5 Å². The summed E-state index contributed by atoms with van der Waals surface area (Å²) in [4.78, 5) is 15.8. The van der Waals surface area contributed by atoms with Crippen LogP contribution in [-0.2, 0) is 6.42 Å². The molecule has 1 atom stereocenters. The van der Waals surface area contributed by atoms with E-state index in [4.69, 9.17) is 0 Å². The molecule has 0 aliphatic heterocycles. The average molecular weight is 271 g/mol. The molecule has 1 aromatic heterocycles. The first-order valence-corrected chi connectivity index (χ1v) is 6.40. The van der Waals surface area contributed by atoms with Gasteiger partial charge in [0, 0.05) is 12.2 Å². The molecule has 0 saturated heterocycles. The fourth-order valence-corrected chi connectivity index (χ4v) is 1.85. The summed E-state index contributed by atoms with van der Waals surface area (Å²) in [6.07, 6.45) is 2.31. The first-order chi connectivity index (χ1) is 9.63. The number of phenols is 1. The van der Waals surface area contributed by atoms with Gasteiger partial charge in [0.1, 0.15) is 11.6 Å². The van der Waals surface area contributed by atoms with Gasteiger partial charge >= 0.3 is 6.03 Å². The van der Waals surface area contributed by atoms with E-state index in [-0.39, 0.29) is 17.8 Å². The smallest absolute Gasteiger partial charge is 0.320 e. The molecule has 0 saturated carbocycles. The predicted molar refractivity (Wildman–Crippen MR) is 77.7 cm³/mol. The van der Waals surface area contributed by atoms with Gasteiger partial charge in [0.2, 0.25) is 0 Å². The molecule has 3 N–H and O–H groups in total. The highest BCUT2D eigenvalue weighted by molar-refractivity contribution is 5.88. The van der Waals surface area contributed by atoms with Crippen LogP contribution in [0.5, 0.6) is 5.75 Å². The lowest BCUT2D eigenvalue weighted by Crippen LogP contribution is -2.37. The Kier molecular flexibility index (Phi) is 4.55. The van der Waals surface area contributed by atoms with Gasteiger partial charge in [0.15, 0.2) is 0 Å². The van der Waals surface area contributed by atoms with E-state index in [9.17, 15) is 9.90 Å². The van der Waals surface area contributed by atoms with E-state index in [2.05, 4.69) is 15.6 Å². The minimum atomic E-state index is -0.282. The van der Waals surface area contributed by atoms with Gasteiger partial charge < -0.3 is 10.4 Å². The number of carbonyl (C=O) groups excluding carboxylic acids is 1. The van der Waals surface area contributed by atoms with Crippen molar-refractivity contribution in [3.8, 4) is 5.75 Å². The van der Waals surface area contributed by atoms with Gasteiger partial charge in [-0.2, -0.15) is 0 Å². The Hall–Kier alpha value is -2.56. The number of carbonyl (C=O) groups is 1. The molecule has 0 spiro atoms. The fraction of sp³-hybridized carbons (Fsp3) is 0.200. The molecule has 0 unspecified atom stereocenters. The fourth-order valence-electron chi connectivity index (χ4n) is 1.85. The van der Waals surface area contributed by atoms with Crippen molar-refractivity contribution in [3.63, 3.8) is 0 Å². The third-order valence-electron chi connectivity index (χ3n) is 2.76. The molecule has 20 heavy (non-hydrogen) atoms. The molecule has 0 bridgehead atoms. The topological polar surface area (TPSA) is 74.2 Å². The van der Waals surface area contributed by atoms with Crippen molar-refractivity contribution >= 4 is 11.8 Å². The van der Waals surface area contributed by atoms with Crippen LogP contribution in [0.3, 0.4) is 0 Å². The third-order valence-corrected chi connectivity index (χ3v) is 2.76. The minimum Gasteiger partial charge on any atom is -0.508 e. The Balaban J connectivity index is 1.83. The predicted octanol–water partition coefficient (Wildman–Crippen LogP) is 2.54. The zero-order valence-electron chi connectivity index (χ0n) is 11.2. The number of hydrogen-bond acceptors (Lipinski definition) is 3. The number of anilines is 1. The highest BCUT2D eigenvalue weighted by Gasteiger charge is 2.08. The number of phenolic OH excluding ortho intramolecular Hbond substituents is 1. The highest BCUT2D eigenvalue weighted by Crippen LogP contribution is 2.11. The summed E-state index contributed by atoms with van der Waals surface area (Å²) in [5, 5.41) is 14.7. The monoisotopic (exact) mass is 271 g/mol. The molecule has 0 aliphatic rings. The van der Waals surface area contributed by atoms with Crippen LogP contribution in [0, 0.1) is 0 Å². The average Bonchev–Trinajstić information content (AvgIpc) is 2.42. The van der Waals surface area contributed by atoms with E-state index in [0.29, 0.717) is 12.2 Å². The maximum atomic E-state index is 11.8. The van der Waals surface area contributed by atoms with Gasteiger partial charge in [-0.3, -0.25) is 5.32 Å². The van der Waals surface area contributed by atoms with E-state index >= 15 is 0 Å². The summed E-state index contributed by atoms with van der Waals surface area (Å²) < 4.78 is 0. The van der Waals surface area contributed by atoms with Crippen LogP contribution in [0.2, 0.25) is 0 Å². The zero-order chi connectivity index (χ0) is 14.4. The molecule has 0 radical (unpaired) electrons. The molecular formula is C15H17N3O2. The van der Waals surface area contributed by atoms with Crippen molar-refractivity contribution < 1.29 is 9.90 Å². The van der Waals surface area contributed by atoms with Crippen LogP contribution >= 0.6 is 0 Å². The minimum absolute atomic E-state index is 0.0248. The highest BCUT2D eigenvalue weighted by atomic mass is 16.3. The molecule has 104 valence electrons. The number of hydrogen-bond donors (Lipinski definition) is 3. The lowest BCUT2D eigenvalue weighted by Gasteiger charge is -2.14. The van der Waals surface area contributed by atoms with Crippen molar-refractivity contribution in [2.24, 2.45) is 0 Å². The molecule has 2 amide bonds. The lowest BCUT2D eigenvalue weighted by molar-refractivity contribution is 0.249. The summed E-state index contributed by atoms with van der Waals surface area (Å²) >= 11 is 0. The SMILES string of the molecule is C[C@@H](Cc1ccc(O)cc1)NC(=O)Nc1ccccn1. The largest absolute Gasteiger partial charge is 0.508 e. The molecule has 1 aromatic carbocycles. The second-order valence-electron chi connectivity index (χ2n) is 4.59. The molecule has 2 aromatic rings. The van der Waals surface area contributed by atoms with E-state index in [1.807, 2.05) is 25.1 Å². The molecule has 0 aliphatic carbocycles. The number of aromatic hydroxyl groups is 1. The Morgan fingerprint density at radius 1 is 1.25 bits per heavy atom. The summed E-state index contributed by atoms with van der Waals surface area (Å²) in [6, 6.07) is 12.0. The number of pyridine rings is 1. The van der Waals surface area contributed by atoms with Crippen LogP contribution in [0.15, 0.2) is 48.7 Å². The van der Waals surface area contributed by atoms with E-state index in [0.717, 1.165) is 5.56 Å². The summed E-state index contributed by atoms with van der Waals surface area (Å²) in [6.45, 7) is 1.92. The van der Waals surface area contributed by atoms with Gasteiger partial charge in [-0.05, 0) is 43.2 Å². The van der Waals surface area contributed by atoms with E-state index in [1.165, 1.54) is 0 Å². The van der Waals surface area contributed by atoms with Crippen molar-refractivity contribution in [1.82, 2.24) is 10.3 Å². The number of benzene rings is 1. The second kappa shape index (κ2) is 6.56. The Labute approximate surface area is 117 Å². The molecule has 2 rings (SSSR count). The second-order valence-corrected chi connectivity index (χ2v) is 4.59. The van der Waals surface area contributed by atoms with Crippen molar-refractivity contribution in [2.75, 3.05) is 5.32 Å². The van der Waals surface area contributed by atoms with Gasteiger partial charge in [0.05, 0.1) is 0 Å². The van der Waals surface area contributed by atoms with Crippen molar-refractivity contribution in [3.05, 3.63) is 54.2 Å². The molecule has 0 fully saturated rings. The number of nitrogens with zero attached hydrogens (tertiary/aromatic N) is 1. The number of aromatic nitrogens is 1. The Morgan fingerprint density at radius 3 is 2.65 bits per heavy atom. The normalized spacial score (nSPS) is 11.7. The first-order valence-electron chi connectivity index (χ1n) is 6.40.